The number of sulfonamides is 1. The van der Waals surface area contributed by atoms with Gasteiger partial charge >= 0.3 is 0 Å². The van der Waals surface area contributed by atoms with Crippen LogP contribution in [0.3, 0.4) is 0 Å². The lowest BCUT2D eigenvalue weighted by molar-refractivity contribution is 0.0572. The van der Waals surface area contributed by atoms with E-state index in [0.29, 0.717) is 47.0 Å². The average Bonchev–Trinajstić information content (AvgIpc) is 3.32. The smallest absolute Gasteiger partial charge is 0.264 e. The molecule has 258 valence electrons. The number of anilines is 1. The van der Waals surface area contributed by atoms with Crippen LogP contribution in [-0.4, -0.2) is 96.7 Å². The molecule has 0 saturated carbocycles. The summed E-state index contributed by atoms with van der Waals surface area (Å²) in [5.41, 5.74) is 3.22. The minimum absolute atomic E-state index is 0.0816. The highest BCUT2D eigenvalue weighted by Gasteiger charge is 2.43. The van der Waals surface area contributed by atoms with Gasteiger partial charge in [0.25, 0.3) is 11.8 Å². The fourth-order valence-electron chi connectivity index (χ4n) is 6.48. The number of hydrogen-bond acceptors (Lipinski definition) is 10. The van der Waals surface area contributed by atoms with Crippen LogP contribution in [0.15, 0.2) is 66.7 Å². The number of rotatable bonds is 14. The fourth-order valence-corrected chi connectivity index (χ4v) is 9.52. The molecule has 0 aromatic heterocycles. The quantitative estimate of drug-likeness (QED) is 0.196. The molecule has 2 heterocycles. The number of amides is 2. The second-order valence-electron chi connectivity index (χ2n) is 12.1. The van der Waals surface area contributed by atoms with E-state index in [1.807, 2.05) is 24.3 Å². The van der Waals surface area contributed by atoms with Gasteiger partial charge in [0.1, 0.15) is 0 Å². The van der Waals surface area contributed by atoms with Crippen LogP contribution in [0.5, 0.6) is 11.5 Å². The van der Waals surface area contributed by atoms with E-state index in [1.54, 1.807) is 30.3 Å². The highest BCUT2D eigenvalue weighted by Crippen LogP contribution is 2.40. The first-order valence-corrected chi connectivity index (χ1v) is 19.5. The van der Waals surface area contributed by atoms with Gasteiger partial charge in [0.15, 0.2) is 26.4 Å². The standard InChI is InChI=1S/C34H42N4O8S2/c1-24(25-10-6-5-7-11-25)36-18-20-37(21-19-36)29-13-8-12-27-32(29)34(40)38(33(27)39)28(26-15-16-30(45-2)31(22-26)46-3)14-9-17-35-48(43,44)23-47(4,41)42/h5-8,10-13,15-16,22,24,28,35H,9,14,17-21,23H2,1-4H3. The van der Waals surface area contributed by atoms with Crippen LogP contribution < -0.4 is 19.1 Å². The van der Waals surface area contributed by atoms with Crippen molar-refractivity contribution in [1.29, 1.82) is 0 Å². The van der Waals surface area contributed by atoms with Gasteiger partial charge in [-0.1, -0.05) is 42.5 Å². The van der Waals surface area contributed by atoms with Crippen LogP contribution >= 0.6 is 0 Å². The van der Waals surface area contributed by atoms with Crippen LogP contribution in [-0.2, 0) is 19.9 Å². The third kappa shape index (κ3) is 7.83. The predicted molar refractivity (Wildman–Crippen MR) is 184 cm³/mol. The van der Waals surface area contributed by atoms with E-state index in [4.69, 9.17) is 9.47 Å². The van der Waals surface area contributed by atoms with Gasteiger partial charge in [0.2, 0.25) is 10.0 Å². The van der Waals surface area contributed by atoms with E-state index in [2.05, 4.69) is 33.6 Å². The topological polar surface area (TPSA) is 143 Å². The highest BCUT2D eigenvalue weighted by molar-refractivity contribution is 8.06. The summed E-state index contributed by atoms with van der Waals surface area (Å²) in [6.07, 6.45) is 1.26. The lowest BCUT2D eigenvalue weighted by Gasteiger charge is -2.39. The van der Waals surface area contributed by atoms with E-state index < -0.39 is 42.8 Å². The molecule has 1 saturated heterocycles. The molecule has 0 radical (unpaired) electrons. The Balaban J connectivity index is 1.39. The number of hydrogen-bond donors (Lipinski definition) is 1. The molecule has 5 rings (SSSR count). The van der Waals surface area contributed by atoms with Crippen molar-refractivity contribution >= 4 is 37.4 Å². The van der Waals surface area contributed by atoms with Crippen molar-refractivity contribution in [2.75, 3.05) is 63.2 Å². The summed E-state index contributed by atoms with van der Waals surface area (Å²) in [5.74, 6) is 0.0152. The molecule has 1 N–H and O–H groups in total. The molecule has 0 aliphatic carbocycles. The Kier molecular flexibility index (Phi) is 10.8. The summed E-state index contributed by atoms with van der Waals surface area (Å²) in [7, 11) is -4.85. The Labute approximate surface area is 282 Å². The van der Waals surface area contributed by atoms with Crippen molar-refractivity contribution < 1.29 is 35.9 Å². The number of piperazine rings is 1. The summed E-state index contributed by atoms with van der Waals surface area (Å²) in [6.45, 7) is 5.05. The number of fused-ring (bicyclic) bond motifs is 1. The molecule has 0 spiro atoms. The normalized spacial score (nSPS) is 16.9. The van der Waals surface area contributed by atoms with Crippen molar-refractivity contribution in [3.05, 3.63) is 89.0 Å². The first kappa shape index (κ1) is 35.3. The van der Waals surface area contributed by atoms with Gasteiger partial charge in [-0.15, -0.1) is 0 Å². The molecule has 2 unspecified atom stereocenters. The molecule has 2 aliphatic rings. The number of sulfone groups is 1. The van der Waals surface area contributed by atoms with E-state index in [9.17, 15) is 26.4 Å². The maximum absolute atomic E-state index is 14.3. The van der Waals surface area contributed by atoms with Crippen LogP contribution in [0.2, 0.25) is 0 Å². The zero-order valence-electron chi connectivity index (χ0n) is 27.6. The SMILES string of the molecule is COc1ccc(C(CCCNS(=O)(=O)CS(C)(=O)=O)N2C(=O)c3cccc(N4CCN(C(C)c5ccccc5)CC4)c3C2=O)cc1OC. The van der Waals surface area contributed by atoms with Crippen molar-refractivity contribution in [2.24, 2.45) is 0 Å². The van der Waals surface area contributed by atoms with E-state index in [1.165, 1.54) is 24.7 Å². The van der Waals surface area contributed by atoms with E-state index in [0.717, 1.165) is 19.3 Å². The minimum atomic E-state index is -4.08. The van der Waals surface area contributed by atoms with Crippen molar-refractivity contribution in [3.63, 3.8) is 0 Å². The third-order valence-corrected chi connectivity index (χ3v) is 12.5. The molecule has 2 amide bonds. The number of benzene rings is 3. The van der Waals surface area contributed by atoms with Crippen molar-refractivity contribution in [3.8, 4) is 11.5 Å². The third-order valence-electron chi connectivity index (χ3n) is 8.86. The van der Waals surface area contributed by atoms with Gasteiger partial charge in [-0.25, -0.2) is 21.6 Å². The van der Waals surface area contributed by atoms with Gasteiger partial charge < -0.3 is 14.4 Å². The number of ether oxygens (including phenoxy) is 2. The zero-order valence-corrected chi connectivity index (χ0v) is 29.2. The number of nitrogens with zero attached hydrogens (tertiary/aromatic N) is 3. The first-order chi connectivity index (χ1) is 22.8. The predicted octanol–water partition coefficient (Wildman–Crippen LogP) is 3.63. The molecule has 2 aliphatic heterocycles. The van der Waals surface area contributed by atoms with Crippen LogP contribution in [0.1, 0.15) is 63.7 Å². The molecular weight excluding hydrogens is 657 g/mol. The molecule has 3 aromatic carbocycles. The Morgan fingerprint density at radius 2 is 1.50 bits per heavy atom. The minimum Gasteiger partial charge on any atom is -0.493 e. The summed E-state index contributed by atoms with van der Waals surface area (Å²) in [4.78, 5) is 34.1. The molecule has 1 fully saturated rings. The summed E-state index contributed by atoms with van der Waals surface area (Å²) < 4.78 is 60.9. The molecular formula is C34H42N4O8S2. The van der Waals surface area contributed by atoms with Crippen molar-refractivity contribution in [1.82, 2.24) is 14.5 Å². The summed E-state index contributed by atoms with van der Waals surface area (Å²) in [5, 5.41) is -1.03. The van der Waals surface area contributed by atoms with Gasteiger partial charge in [0.05, 0.1) is 37.1 Å². The fraction of sp³-hybridized carbons (Fsp3) is 0.412. The van der Waals surface area contributed by atoms with Crippen molar-refractivity contribution in [2.45, 2.75) is 31.8 Å². The van der Waals surface area contributed by atoms with Gasteiger partial charge in [-0.05, 0) is 55.2 Å². The molecule has 2 atom stereocenters. The highest BCUT2D eigenvalue weighted by atomic mass is 32.3. The maximum atomic E-state index is 14.3. The molecule has 3 aromatic rings. The Bertz CT molecular complexity index is 1860. The number of nitrogens with one attached hydrogen (secondary N) is 1. The van der Waals surface area contributed by atoms with Gasteiger partial charge in [-0.3, -0.25) is 19.4 Å². The first-order valence-electron chi connectivity index (χ1n) is 15.8. The largest absolute Gasteiger partial charge is 0.493 e. The lowest BCUT2D eigenvalue weighted by Crippen LogP contribution is -2.47. The van der Waals surface area contributed by atoms with Gasteiger partial charge in [0, 0.05) is 45.0 Å². The molecule has 12 nitrogen and oxygen atoms in total. The van der Waals surface area contributed by atoms with E-state index >= 15 is 0 Å². The van der Waals surface area contributed by atoms with Crippen LogP contribution in [0.4, 0.5) is 5.69 Å². The molecule has 14 heteroatoms. The number of methoxy groups -OCH3 is 2. The Morgan fingerprint density at radius 1 is 0.812 bits per heavy atom. The van der Waals surface area contributed by atoms with Gasteiger partial charge in [-0.2, -0.15) is 0 Å². The van der Waals surface area contributed by atoms with Crippen LogP contribution in [0.25, 0.3) is 0 Å². The molecule has 0 bridgehead atoms. The second kappa shape index (κ2) is 14.6. The Morgan fingerprint density at radius 3 is 2.15 bits per heavy atom. The second-order valence-corrected chi connectivity index (χ2v) is 16.4. The average molecular weight is 699 g/mol. The lowest BCUT2D eigenvalue weighted by atomic mass is 9.99. The number of imide groups is 1. The van der Waals surface area contributed by atoms with E-state index in [-0.39, 0.29) is 25.4 Å². The molecule has 48 heavy (non-hydrogen) atoms. The number of carbonyl (C=O) groups is 2. The Hall–Kier alpha value is -3.98. The zero-order chi connectivity index (χ0) is 34.6. The van der Waals surface area contributed by atoms with Crippen LogP contribution in [0, 0.1) is 0 Å². The maximum Gasteiger partial charge on any atom is 0.264 e. The summed E-state index contributed by atoms with van der Waals surface area (Å²) in [6, 6.07) is 20.3. The monoisotopic (exact) mass is 698 g/mol. The number of carbonyl (C=O) groups excluding carboxylic acids is 2. The summed E-state index contributed by atoms with van der Waals surface area (Å²) >= 11 is 0.